The number of nitrogens with one attached hydrogen (secondary N) is 1. The van der Waals surface area contributed by atoms with E-state index in [9.17, 15) is 9.18 Å². The van der Waals surface area contributed by atoms with Gasteiger partial charge >= 0.3 is 0 Å². The van der Waals surface area contributed by atoms with Crippen molar-refractivity contribution in [3.8, 4) is 5.75 Å². The predicted octanol–water partition coefficient (Wildman–Crippen LogP) is 2.34. The Morgan fingerprint density at radius 2 is 2.37 bits per heavy atom. The number of hydrogen-bond donors (Lipinski definition) is 1. The summed E-state index contributed by atoms with van der Waals surface area (Å²) in [6.45, 7) is -0.270. The van der Waals surface area contributed by atoms with E-state index in [1.165, 1.54) is 18.3 Å². The topological polar surface area (TPSA) is 56.2 Å². The molecule has 5 nitrogen and oxygen atoms in total. The normalized spacial score (nSPS) is 10.3. The van der Waals surface area contributed by atoms with E-state index >= 15 is 0 Å². The first-order chi connectivity index (χ1) is 9.04. The number of carbonyl (C=O) groups is 1. The van der Waals surface area contributed by atoms with Crippen LogP contribution in [0.1, 0.15) is 0 Å². The lowest BCUT2D eigenvalue weighted by molar-refractivity contribution is -0.118. The van der Waals surface area contributed by atoms with Crippen LogP contribution in [0.3, 0.4) is 0 Å². The van der Waals surface area contributed by atoms with Crippen LogP contribution in [0.4, 0.5) is 10.1 Å². The van der Waals surface area contributed by atoms with Crippen molar-refractivity contribution in [1.29, 1.82) is 0 Å². The molecule has 1 N–H and O–H groups in total. The van der Waals surface area contributed by atoms with Gasteiger partial charge in [0.15, 0.2) is 18.2 Å². The second-order valence-electron chi connectivity index (χ2n) is 3.81. The number of aromatic nitrogens is 2. The van der Waals surface area contributed by atoms with Crippen molar-refractivity contribution in [2.45, 2.75) is 0 Å². The fraction of sp³-hybridized carbons (Fsp3) is 0.167. The van der Waals surface area contributed by atoms with Crippen molar-refractivity contribution in [1.82, 2.24) is 9.78 Å². The van der Waals surface area contributed by atoms with Crippen LogP contribution >= 0.6 is 15.9 Å². The number of hydrogen-bond acceptors (Lipinski definition) is 3. The van der Waals surface area contributed by atoms with Gasteiger partial charge in [0.1, 0.15) is 0 Å². The number of halogens is 2. The Hall–Kier alpha value is -1.89. The van der Waals surface area contributed by atoms with Crippen molar-refractivity contribution < 1.29 is 13.9 Å². The van der Waals surface area contributed by atoms with Gasteiger partial charge in [-0.05, 0) is 18.2 Å². The standard InChI is InChI=1S/C12H11BrFN3O2/c1-17-6-9(5-15-17)16-12(18)7-19-11-3-2-8(13)4-10(11)14/h2-6H,7H2,1H3,(H,16,18). The highest BCUT2D eigenvalue weighted by Gasteiger charge is 2.08. The monoisotopic (exact) mass is 327 g/mol. The summed E-state index contributed by atoms with van der Waals surface area (Å²) < 4.78 is 20.7. The lowest BCUT2D eigenvalue weighted by atomic mass is 10.3. The molecule has 0 saturated carbocycles. The highest BCUT2D eigenvalue weighted by Crippen LogP contribution is 2.21. The maximum atomic E-state index is 13.4. The SMILES string of the molecule is Cn1cc(NC(=O)COc2ccc(Br)cc2F)cn1. The minimum atomic E-state index is -0.524. The Morgan fingerprint density at radius 1 is 1.58 bits per heavy atom. The lowest BCUT2D eigenvalue weighted by Crippen LogP contribution is -2.20. The largest absolute Gasteiger partial charge is 0.481 e. The van der Waals surface area contributed by atoms with E-state index in [0.717, 1.165) is 0 Å². The molecule has 1 aromatic carbocycles. The van der Waals surface area contributed by atoms with Crippen molar-refractivity contribution in [2.24, 2.45) is 7.05 Å². The number of benzene rings is 1. The van der Waals surface area contributed by atoms with E-state index in [2.05, 4.69) is 26.3 Å². The molecule has 0 unspecified atom stereocenters. The van der Waals surface area contributed by atoms with E-state index in [1.54, 1.807) is 24.0 Å². The van der Waals surface area contributed by atoms with Crippen LogP contribution in [0.2, 0.25) is 0 Å². The number of nitrogens with zero attached hydrogens (tertiary/aromatic N) is 2. The molecule has 0 aliphatic heterocycles. The summed E-state index contributed by atoms with van der Waals surface area (Å²) in [6, 6.07) is 4.36. The van der Waals surface area contributed by atoms with Gasteiger partial charge in [-0.2, -0.15) is 5.10 Å². The minimum Gasteiger partial charge on any atom is -0.481 e. The molecule has 19 heavy (non-hydrogen) atoms. The molecule has 2 rings (SSSR count). The molecule has 100 valence electrons. The quantitative estimate of drug-likeness (QED) is 0.937. The third kappa shape index (κ3) is 3.78. The van der Waals surface area contributed by atoms with Gasteiger partial charge in [-0.25, -0.2) is 4.39 Å². The molecule has 2 aromatic rings. The Balaban J connectivity index is 1.89. The average molecular weight is 328 g/mol. The van der Waals surface area contributed by atoms with Crippen LogP contribution in [-0.2, 0) is 11.8 Å². The molecule has 1 amide bonds. The lowest BCUT2D eigenvalue weighted by Gasteiger charge is -2.07. The van der Waals surface area contributed by atoms with E-state index in [-0.39, 0.29) is 18.3 Å². The highest BCUT2D eigenvalue weighted by atomic mass is 79.9. The Bertz CT molecular complexity index is 600. The predicted molar refractivity (Wildman–Crippen MR) is 71.4 cm³/mol. The van der Waals surface area contributed by atoms with E-state index in [4.69, 9.17) is 4.74 Å². The first-order valence-corrected chi connectivity index (χ1v) is 6.20. The Kier molecular flexibility index (Phi) is 4.16. The van der Waals surface area contributed by atoms with E-state index in [0.29, 0.717) is 10.2 Å². The molecular formula is C12H11BrFN3O2. The number of anilines is 1. The van der Waals surface area contributed by atoms with Gasteiger partial charge in [-0.3, -0.25) is 9.48 Å². The zero-order valence-corrected chi connectivity index (χ0v) is 11.6. The number of carbonyl (C=O) groups excluding carboxylic acids is 1. The summed E-state index contributed by atoms with van der Waals surface area (Å²) >= 11 is 3.14. The summed E-state index contributed by atoms with van der Waals surface area (Å²) in [7, 11) is 1.74. The zero-order chi connectivity index (χ0) is 13.8. The molecule has 0 aliphatic rings. The molecule has 0 saturated heterocycles. The molecule has 0 radical (unpaired) electrons. The molecule has 7 heteroatoms. The second-order valence-corrected chi connectivity index (χ2v) is 4.73. The van der Waals surface area contributed by atoms with Gasteiger partial charge in [0.05, 0.1) is 11.9 Å². The van der Waals surface area contributed by atoms with Crippen molar-refractivity contribution in [3.63, 3.8) is 0 Å². The third-order valence-electron chi connectivity index (χ3n) is 2.24. The summed E-state index contributed by atoms with van der Waals surface area (Å²) in [5, 5.41) is 6.49. The van der Waals surface area contributed by atoms with E-state index < -0.39 is 5.82 Å². The van der Waals surface area contributed by atoms with Gasteiger partial charge in [0.2, 0.25) is 0 Å². The van der Waals surface area contributed by atoms with Crippen LogP contribution < -0.4 is 10.1 Å². The second kappa shape index (κ2) is 5.83. The number of ether oxygens (including phenoxy) is 1. The van der Waals surface area contributed by atoms with Gasteiger partial charge in [-0.1, -0.05) is 15.9 Å². The first-order valence-electron chi connectivity index (χ1n) is 5.41. The molecule has 1 aromatic heterocycles. The van der Waals surface area contributed by atoms with Gasteiger partial charge in [-0.15, -0.1) is 0 Å². The molecule has 0 aliphatic carbocycles. The summed E-state index contributed by atoms with van der Waals surface area (Å²) in [6.07, 6.45) is 3.16. The fourth-order valence-electron chi connectivity index (χ4n) is 1.42. The molecule has 0 bridgehead atoms. The summed E-state index contributed by atoms with van der Waals surface area (Å²) in [5.74, 6) is -0.872. The molecule has 0 fully saturated rings. The molecule has 1 heterocycles. The van der Waals surface area contributed by atoms with Crippen molar-refractivity contribution >= 4 is 27.5 Å². The fourth-order valence-corrected chi connectivity index (χ4v) is 1.75. The van der Waals surface area contributed by atoms with Crippen LogP contribution in [-0.4, -0.2) is 22.3 Å². The van der Waals surface area contributed by atoms with Gasteiger partial charge in [0, 0.05) is 17.7 Å². The van der Waals surface area contributed by atoms with Crippen LogP contribution in [0.15, 0.2) is 35.1 Å². The summed E-state index contributed by atoms with van der Waals surface area (Å²) in [5.41, 5.74) is 0.562. The number of rotatable bonds is 4. The zero-order valence-electron chi connectivity index (χ0n) is 10.1. The van der Waals surface area contributed by atoms with Gasteiger partial charge in [0.25, 0.3) is 5.91 Å². The van der Waals surface area contributed by atoms with Crippen LogP contribution in [0, 0.1) is 5.82 Å². The number of aryl methyl sites for hydroxylation is 1. The first kappa shape index (κ1) is 13.5. The molecule has 0 atom stereocenters. The van der Waals surface area contributed by atoms with Crippen molar-refractivity contribution in [2.75, 3.05) is 11.9 Å². The molecule has 0 spiro atoms. The van der Waals surface area contributed by atoms with Crippen LogP contribution in [0.5, 0.6) is 5.75 Å². The van der Waals surface area contributed by atoms with E-state index in [1.807, 2.05) is 0 Å². The summed E-state index contributed by atoms with van der Waals surface area (Å²) in [4.78, 5) is 11.6. The highest BCUT2D eigenvalue weighted by molar-refractivity contribution is 9.10. The minimum absolute atomic E-state index is 0.0320. The maximum Gasteiger partial charge on any atom is 0.262 e. The number of amides is 1. The Morgan fingerprint density at radius 3 is 3.00 bits per heavy atom. The van der Waals surface area contributed by atoms with Crippen molar-refractivity contribution in [3.05, 3.63) is 40.9 Å². The van der Waals surface area contributed by atoms with Gasteiger partial charge < -0.3 is 10.1 Å². The maximum absolute atomic E-state index is 13.4. The smallest absolute Gasteiger partial charge is 0.262 e. The van der Waals surface area contributed by atoms with Crippen LogP contribution in [0.25, 0.3) is 0 Å². The third-order valence-corrected chi connectivity index (χ3v) is 2.73. The molecular weight excluding hydrogens is 317 g/mol. The Labute approximate surface area is 117 Å². The average Bonchev–Trinajstić information content (AvgIpc) is 2.73.